The van der Waals surface area contributed by atoms with Crippen molar-refractivity contribution in [2.24, 2.45) is 0 Å². The van der Waals surface area contributed by atoms with Gasteiger partial charge in [0.05, 0.1) is 27.3 Å². The van der Waals surface area contributed by atoms with Crippen molar-refractivity contribution < 1.29 is 13.7 Å². The number of anilines is 1. The van der Waals surface area contributed by atoms with Gasteiger partial charge in [0.25, 0.3) is 0 Å². The van der Waals surface area contributed by atoms with Gasteiger partial charge in [-0.05, 0) is 25.1 Å². The minimum Gasteiger partial charge on any atom is -0.399 e. The summed E-state index contributed by atoms with van der Waals surface area (Å²) in [5, 5.41) is 2.26. The van der Waals surface area contributed by atoms with Crippen molar-refractivity contribution in [3.05, 3.63) is 23.2 Å². The van der Waals surface area contributed by atoms with Crippen molar-refractivity contribution >= 4 is 34.0 Å². The van der Waals surface area contributed by atoms with Crippen LogP contribution in [-0.4, -0.2) is 35.6 Å². The molecule has 0 aliphatic carbocycles. The van der Waals surface area contributed by atoms with Crippen LogP contribution < -0.4 is 11.1 Å². The molecule has 106 valence electrons. The fourth-order valence-electron chi connectivity index (χ4n) is 1.38. The van der Waals surface area contributed by atoms with Gasteiger partial charge < -0.3 is 15.8 Å². The average Bonchev–Trinajstić information content (AvgIpc) is 2.40. The van der Waals surface area contributed by atoms with Crippen LogP contribution in [0.3, 0.4) is 0 Å². The van der Waals surface area contributed by atoms with E-state index in [0.29, 0.717) is 28.8 Å². The lowest BCUT2D eigenvalue weighted by atomic mass is 10.3. The molecule has 1 rings (SSSR count). The molecule has 2 atom stereocenters. The Hall–Kier alpha value is -1.11. The number of hydrogen-bond donors (Lipinski definition) is 2. The first kappa shape index (κ1) is 15.9. The van der Waals surface area contributed by atoms with Crippen molar-refractivity contribution in [2.75, 3.05) is 26.0 Å². The van der Waals surface area contributed by atoms with E-state index in [1.807, 2.05) is 0 Å². The molecule has 0 fully saturated rings. The van der Waals surface area contributed by atoms with Crippen molar-refractivity contribution in [3.63, 3.8) is 0 Å². The number of hydrogen-bond acceptors (Lipinski definition) is 4. The Kier molecular flexibility index (Phi) is 6.27. The number of halogens is 1. The third kappa shape index (κ3) is 4.49. The van der Waals surface area contributed by atoms with E-state index in [2.05, 4.69) is 5.32 Å². The van der Waals surface area contributed by atoms with Crippen molar-refractivity contribution in [1.29, 1.82) is 0 Å². The van der Waals surface area contributed by atoms with Gasteiger partial charge in [-0.1, -0.05) is 11.6 Å². The molecule has 3 N–H and O–H groups in total. The van der Waals surface area contributed by atoms with Gasteiger partial charge in [-0.25, -0.2) is 0 Å². The number of carbonyl (C=O) groups is 1. The van der Waals surface area contributed by atoms with Gasteiger partial charge in [-0.3, -0.25) is 9.00 Å². The van der Waals surface area contributed by atoms with Crippen molar-refractivity contribution in [3.8, 4) is 0 Å². The molecule has 1 amide bonds. The van der Waals surface area contributed by atoms with E-state index in [1.54, 1.807) is 26.2 Å². The largest absolute Gasteiger partial charge is 0.399 e. The summed E-state index contributed by atoms with van der Waals surface area (Å²) < 4.78 is 17.1. The lowest BCUT2D eigenvalue weighted by Crippen LogP contribution is -2.37. The molecule has 0 aliphatic rings. The SMILES string of the molecule is COCCNC(=O)C(C)S(=O)c1cc(N)ccc1Cl. The third-order valence-electron chi connectivity index (χ3n) is 2.47. The van der Waals surface area contributed by atoms with Crippen LogP contribution in [0.15, 0.2) is 23.1 Å². The molecule has 1 aromatic carbocycles. The standard InChI is InChI=1S/C12H17ClN2O3S/c1-8(12(16)15-5-6-18-2)19(17)11-7-9(14)3-4-10(11)13/h3-4,7-8H,5-6,14H2,1-2H3,(H,15,16). The van der Waals surface area contributed by atoms with E-state index in [4.69, 9.17) is 22.1 Å². The third-order valence-corrected chi connectivity index (χ3v) is 4.54. The number of nitrogen functional groups attached to an aromatic ring is 1. The average molecular weight is 305 g/mol. The number of rotatable bonds is 6. The van der Waals surface area contributed by atoms with Crippen molar-refractivity contribution in [1.82, 2.24) is 5.32 Å². The van der Waals surface area contributed by atoms with Gasteiger partial charge in [0.15, 0.2) is 0 Å². The Labute approximate surface area is 119 Å². The first-order valence-corrected chi connectivity index (χ1v) is 7.28. The van der Waals surface area contributed by atoms with Crippen LogP contribution in [0.2, 0.25) is 5.02 Å². The molecule has 0 saturated carbocycles. The lowest BCUT2D eigenvalue weighted by molar-refractivity contribution is -0.120. The number of ether oxygens (including phenoxy) is 1. The minimum absolute atomic E-state index is 0.311. The Balaban J connectivity index is 2.76. The molecule has 0 saturated heterocycles. The fraction of sp³-hybridized carbons (Fsp3) is 0.417. The van der Waals surface area contributed by atoms with Gasteiger partial charge in [-0.2, -0.15) is 0 Å². The summed E-state index contributed by atoms with van der Waals surface area (Å²) in [6.45, 7) is 2.36. The number of carbonyl (C=O) groups excluding carboxylic acids is 1. The number of nitrogens with two attached hydrogens (primary N) is 1. The van der Waals surface area contributed by atoms with E-state index < -0.39 is 16.0 Å². The predicted molar refractivity (Wildman–Crippen MR) is 76.6 cm³/mol. The predicted octanol–water partition coefficient (Wildman–Crippen LogP) is 1.18. The normalized spacial score (nSPS) is 13.8. The summed E-state index contributed by atoms with van der Waals surface area (Å²) in [5.41, 5.74) is 6.09. The van der Waals surface area contributed by atoms with Gasteiger partial charge >= 0.3 is 0 Å². The highest BCUT2D eigenvalue weighted by Gasteiger charge is 2.23. The second kappa shape index (κ2) is 7.47. The van der Waals surface area contributed by atoms with Gasteiger partial charge in [0, 0.05) is 19.3 Å². The van der Waals surface area contributed by atoms with Crippen LogP contribution in [0, 0.1) is 0 Å². The maximum absolute atomic E-state index is 12.3. The summed E-state index contributed by atoms with van der Waals surface area (Å²) in [5.74, 6) is -0.311. The topological polar surface area (TPSA) is 81.4 Å². The highest BCUT2D eigenvalue weighted by atomic mass is 35.5. The molecule has 0 heterocycles. The lowest BCUT2D eigenvalue weighted by Gasteiger charge is -2.13. The highest BCUT2D eigenvalue weighted by Crippen LogP contribution is 2.24. The first-order valence-electron chi connectivity index (χ1n) is 5.69. The molecule has 2 unspecified atom stereocenters. The summed E-state index contributed by atoms with van der Waals surface area (Å²) in [6, 6.07) is 4.71. The minimum atomic E-state index is -1.55. The molecule has 7 heteroatoms. The quantitative estimate of drug-likeness (QED) is 0.611. The Bertz CT molecular complexity index is 482. The summed E-state index contributed by atoms with van der Waals surface area (Å²) >= 11 is 5.97. The number of benzene rings is 1. The zero-order valence-corrected chi connectivity index (χ0v) is 12.4. The monoisotopic (exact) mass is 304 g/mol. The molecule has 5 nitrogen and oxygen atoms in total. The van der Waals surface area contributed by atoms with Gasteiger partial charge in [0.2, 0.25) is 5.91 Å². The second-order valence-electron chi connectivity index (χ2n) is 3.91. The Morgan fingerprint density at radius 1 is 1.58 bits per heavy atom. The van der Waals surface area contributed by atoms with Crippen LogP contribution in [0.1, 0.15) is 6.92 Å². The smallest absolute Gasteiger partial charge is 0.235 e. The van der Waals surface area contributed by atoms with E-state index in [-0.39, 0.29) is 5.91 Å². The molecular weight excluding hydrogens is 288 g/mol. The molecule has 0 aliphatic heterocycles. The Morgan fingerprint density at radius 3 is 2.89 bits per heavy atom. The summed E-state index contributed by atoms with van der Waals surface area (Å²) in [4.78, 5) is 12.2. The van der Waals surface area contributed by atoms with Crippen LogP contribution in [-0.2, 0) is 20.3 Å². The van der Waals surface area contributed by atoms with E-state index in [9.17, 15) is 9.00 Å². The zero-order chi connectivity index (χ0) is 14.4. The zero-order valence-electron chi connectivity index (χ0n) is 10.8. The second-order valence-corrected chi connectivity index (χ2v) is 6.06. The molecular formula is C12H17ClN2O3S. The Morgan fingerprint density at radius 2 is 2.26 bits per heavy atom. The number of nitrogens with one attached hydrogen (secondary N) is 1. The van der Waals surface area contributed by atoms with Crippen molar-refractivity contribution in [2.45, 2.75) is 17.1 Å². The first-order chi connectivity index (χ1) is 8.97. The molecule has 0 spiro atoms. The molecule has 0 bridgehead atoms. The molecule has 1 aromatic rings. The summed E-state index contributed by atoms with van der Waals surface area (Å²) in [7, 11) is -0.00840. The van der Waals surface area contributed by atoms with E-state index >= 15 is 0 Å². The fourth-order valence-corrected chi connectivity index (χ4v) is 2.90. The number of methoxy groups -OCH3 is 1. The van der Waals surface area contributed by atoms with E-state index in [0.717, 1.165) is 0 Å². The van der Waals surface area contributed by atoms with Crippen LogP contribution in [0.25, 0.3) is 0 Å². The molecule has 19 heavy (non-hydrogen) atoms. The van der Waals surface area contributed by atoms with Gasteiger partial charge in [0.1, 0.15) is 5.25 Å². The van der Waals surface area contributed by atoms with Crippen LogP contribution in [0.5, 0.6) is 0 Å². The number of amides is 1. The van der Waals surface area contributed by atoms with Crippen LogP contribution >= 0.6 is 11.6 Å². The maximum Gasteiger partial charge on any atom is 0.235 e. The maximum atomic E-state index is 12.3. The highest BCUT2D eigenvalue weighted by molar-refractivity contribution is 7.86. The summed E-state index contributed by atoms with van der Waals surface area (Å²) in [6.07, 6.45) is 0. The van der Waals surface area contributed by atoms with E-state index in [1.165, 1.54) is 6.07 Å². The van der Waals surface area contributed by atoms with Gasteiger partial charge in [-0.15, -0.1) is 0 Å². The molecule has 0 radical (unpaired) electrons. The molecule has 0 aromatic heterocycles. The van der Waals surface area contributed by atoms with Crippen LogP contribution in [0.4, 0.5) is 5.69 Å².